The molecule has 1 fully saturated rings. The number of aromatic nitrogens is 1. The summed E-state index contributed by atoms with van der Waals surface area (Å²) in [6.07, 6.45) is 8.86. The highest BCUT2D eigenvalue weighted by Gasteiger charge is 2.37. The average Bonchev–Trinajstić information content (AvgIpc) is 3.60. The summed E-state index contributed by atoms with van der Waals surface area (Å²) in [7, 11) is 1.66. The number of carbonyl (C=O) groups excluding carboxylic acids is 4. The number of likely N-dealkylation sites (N-methyl/N-ethyl adjacent to an activating group) is 1. The highest BCUT2D eigenvalue weighted by Crippen LogP contribution is 2.31. The molecule has 0 spiro atoms. The number of nitrogens with one attached hydrogen (secondary N) is 3. The number of nitrogens with zero attached hydrogens (tertiary/aromatic N) is 2. The van der Waals surface area contributed by atoms with Crippen LogP contribution in [0.4, 0.5) is 0 Å². The van der Waals surface area contributed by atoms with Crippen molar-refractivity contribution in [3.63, 3.8) is 0 Å². The zero-order valence-electron chi connectivity index (χ0n) is 30.5. The molecule has 278 valence electrons. The molecule has 3 rings (SSSR count). The second kappa shape index (κ2) is 19.9. The second-order valence-electron chi connectivity index (χ2n) is 13.7. The van der Waals surface area contributed by atoms with E-state index in [0.29, 0.717) is 24.3 Å². The van der Waals surface area contributed by atoms with Gasteiger partial charge in [-0.15, -0.1) is 23.7 Å². The van der Waals surface area contributed by atoms with E-state index < -0.39 is 60.0 Å². The molecule has 0 bridgehead atoms. The van der Waals surface area contributed by atoms with E-state index in [0.717, 1.165) is 36.3 Å². The Balaban J connectivity index is 1.82. The number of amides is 3. The van der Waals surface area contributed by atoms with E-state index in [9.17, 15) is 29.1 Å². The molecule has 0 radical (unpaired) electrons. The lowest BCUT2D eigenvalue weighted by Crippen LogP contribution is -2.58. The molecule has 0 unspecified atom stereocenters. The molecule has 7 atom stereocenters. The molecule has 1 aromatic heterocycles. The quantitative estimate of drug-likeness (QED) is 0.129. The van der Waals surface area contributed by atoms with E-state index >= 15 is 0 Å². The summed E-state index contributed by atoms with van der Waals surface area (Å²) < 4.78 is 5.74. The number of hydrogen-bond donors (Lipinski definition) is 4. The number of terminal acetylenes is 1. The van der Waals surface area contributed by atoms with Gasteiger partial charge < -0.3 is 30.7 Å². The van der Waals surface area contributed by atoms with Crippen molar-refractivity contribution >= 4 is 41.0 Å². The first-order chi connectivity index (χ1) is 24.2. The lowest BCUT2D eigenvalue weighted by molar-refractivity contribution is -0.149. The molecular formula is C38H53N5O7S. The van der Waals surface area contributed by atoms with Crippen LogP contribution in [0.15, 0.2) is 35.7 Å². The third kappa shape index (κ3) is 12.2. The average molecular weight is 724 g/mol. The summed E-state index contributed by atoms with van der Waals surface area (Å²) >= 11 is 1.16. The Labute approximate surface area is 305 Å². The fourth-order valence-electron chi connectivity index (χ4n) is 6.41. The first-order valence-corrected chi connectivity index (χ1v) is 18.6. The van der Waals surface area contributed by atoms with Gasteiger partial charge in [0.25, 0.3) is 5.91 Å². The number of carboxylic acids is 1. The van der Waals surface area contributed by atoms with Crippen molar-refractivity contribution in [2.24, 2.45) is 17.8 Å². The summed E-state index contributed by atoms with van der Waals surface area (Å²) in [4.78, 5) is 70.9. The summed E-state index contributed by atoms with van der Waals surface area (Å²) in [5, 5.41) is 20.6. The Morgan fingerprint density at radius 3 is 2.39 bits per heavy atom. The number of ether oxygens (including phenoxy) is 1. The van der Waals surface area contributed by atoms with Gasteiger partial charge in [-0.1, -0.05) is 64.4 Å². The van der Waals surface area contributed by atoms with Gasteiger partial charge in [0.2, 0.25) is 11.8 Å². The van der Waals surface area contributed by atoms with Crippen molar-refractivity contribution in [1.29, 1.82) is 0 Å². The first kappa shape index (κ1) is 41.1. The molecule has 51 heavy (non-hydrogen) atoms. The van der Waals surface area contributed by atoms with E-state index in [-0.39, 0.29) is 36.3 Å². The molecular weight excluding hydrogens is 671 g/mol. The van der Waals surface area contributed by atoms with E-state index in [1.165, 1.54) is 6.92 Å². The van der Waals surface area contributed by atoms with Crippen molar-refractivity contribution in [2.45, 2.75) is 110 Å². The van der Waals surface area contributed by atoms with Crippen molar-refractivity contribution in [3.8, 4) is 12.3 Å². The minimum atomic E-state index is -0.954. The highest BCUT2D eigenvalue weighted by molar-refractivity contribution is 7.09. The lowest BCUT2D eigenvalue weighted by Gasteiger charge is -2.37. The molecule has 3 amide bonds. The highest BCUT2D eigenvalue weighted by atomic mass is 32.1. The van der Waals surface area contributed by atoms with Gasteiger partial charge in [0.05, 0.1) is 12.0 Å². The van der Waals surface area contributed by atoms with Crippen molar-refractivity contribution in [1.82, 2.24) is 25.8 Å². The standard InChI is InChI=1S/C38H53N5O7S/c1-8-27(9-2)33(42-34(45)29-17-13-14-18-39-29)37(47)43(7)31(23(3)4)21-32(50-25(6)44)36-41-30(22-51-36)35(46)40-28(19-24(5)38(48)49)20-26-15-11-10-12-16-26/h1,10-12,15-16,22-24,27-29,31-33,39H,9,13-14,17-21H2,2-7H3,(H,40,46)(H,42,45)(H,48,49)/t24-,27-,28+,29+,31+,32+,33-/m0/s1. The minimum Gasteiger partial charge on any atom is -0.481 e. The Hall–Kier alpha value is -4.28. The first-order valence-electron chi connectivity index (χ1n) is 17.7. The zero-order chi connectivity index (χ0) is 37.7. The third-order valence-corrected chi connectivity index (χ3v) is 10.3. The SMILES string of the molecule is C#C[C@@H](CC)[C@H](NC(=O)[C@H]1CCCCN1)C(=O)N(C)[C@H](C[C@@H](OC(C)=O)c1nc(C(=O)N[C@@H](Cc2ccccc2)C[C@H](C)C(=O)O)cs1)C(C)C. The zero-order valence-corrected chi connectivity index (χ0v) is 31.3. The maximum Gasteiger partial charge on any atom is 0.306 e. The number of hydrogen-bond acceptors (Lipinski definition) is 9. The number of thiazole rings is 1. The van der Waals surface area contributed by atoms with Crippen LogP contribution in [0.3, 0.4) is 0 Å². The van der Waals surface area contributed by atoms with E-state index in [1.807, 2.05) is 51.1 Å². The molecule has 2 heterocycles. The molecule has 1 aliphatic rings. The van der Waals surface area contributed by atoms with Crippen LogP contribution in [0.25, 0.3) is 0 Å². The molecule has 2 aromatic rings. The Morgan fingerprint density at radius 1 is 1.12 bits per heavy atom. The molecule has 1 saturated heterocycles. The predicted octanol–water partition coefficient (Wildman–Crippen LogP) is 4.36. The Bertz CT molecular complexity index is 1520. The third-order valence-electron chi connectivity index (χ3n) is 9.38. The summed E-state index contributed by atoms with van der Waals surface area (Å²) in [6, 6.07) is 7.22. The Kier molecular flexibility index (Phi) is 16.1. The number of piperidine rings is 1. The molecule has 4 N–H and O–H groups in total. The largest absolute Gasteiger partial charge is 0.481 e. The van der Waals surface area contributed by atoms with Gasteiger partial charge in [-0.25, -0.2) is 4.98 Å². The van der Waals surface area contributed by atoms with Crippen LogP contribution < -0.4 is 16.0 Å². The number of carbonyl (C=O) groups is 5. The monoisotopic (exact) mass is 723 g/mol. The number of aliphatic carboxylic acids is 1. The van der Waals surface area contributed by atoms with Crippen LogP contribution in [-0.2, 0) is 30.3 Å². The van der Waals surface area contributed by atoms with Crippen LogP contribution >= 0.6 is 11.3 Å². The normalized spacial score (nSPS) is 17.9. The molecule has 13 heteroatoms. The van der Waals surface area contributed by atoms with Crippen molar-refractivity contribution in [3.05, 3.63) is 52.0 Å². The van der Waals surface area contributed by atoms with Gasteiger partial charge in [0.1, 0.15) is 16.7 Å². The smallest absolute Gasteiger partial charge is 0.306 e. The van der Waals surface area contributed by atoms with Gasteiger partial charge >= 0.3 is 11.9 Å². The van der Waals surface area contributed by atoms with Crippen LogP contribution in [-0.4, -0.2) is 82.4 Å². The number of carboxylic acid groups (broad SMARTS) is 1. The number of esters is 1. The van der Waals surface area contributed by atoms with Gasteiger partial charge in [0.15, 0.2) is 6.10 Å². The lowest BCUT2D eigenvalue weighted by atomic mass is 9.92. The summed E-state index contributed by atoms with van der Waals surface area (Å²) in [6.45, 7) is 9.39. The van der Waals surface area contributed by atoms with Crippen molar-refractivity contribution < 1.29 is 33.8 Å². The summed E-state index contributed by atoms with van der Waals surface area (Å²) in [5.74, 6) is -1.21. The molecule has 12 nitrogen and oxygen atoms in total. The minimum absolute atomic E-state index is 0.100. The number of rotatable bonds is 18. The maximum absolute atomic E-state index is 14.1. The van der Waals surface area contributed by atoms with Gasteiger partial charge in [-0.3, -0.25) is 24.0 Å². The molecule has 0 saturated carbocycles. The summed E-state index contributed by atoms with van der Waals surface area (Å²) in [5.41, 5.74) is 1.06. The molecule has 1 aromatic carbocycles. The molecule has 0 aliphatic carbocycles. The fraction of sp³-hybridized carbons (Fsp3) is 0.579. The van der Waals surface area contributed by atoms with E-state index in [2.05, 4.69) is 26.9 Å². The fourth-order valence-corrected chi connectivity index (χ4v) is 7.25. The van der Waals surface area contributed by atoms with Gasteiger partial charge in [-0.05, 0) is 50.1 Å². The predicted molar refractivity (Wildman–Crippen MR) is 196 cm³/mol. The Morgan fingerprint density at radius 2 is 1.82 bits per heavy atom. The topological polar surface area (TPSA) is 167 Å². The number of benzene rings is 1. The van der Waals surface area contributed by atoms with Gasteiger partial charge in [0, 0.05) is 43.8 Å². The van der Waals surface area contributed by atoms with Gasteiger partial charge in [-0.2, -0.15) is 0 Å². The van der Waals surface area contributed by atoms with E-state index in [1.54, 1.807) is 24.3 Å². The maximum atomic E-state index is 14.1. The van der Waals surface area contributed by atoms with E-state index in [4.69, 9.17) is 11.2 Å². The van der Waals surface area contributed by atoms with Crippen LogP contribution in [0.1, 0.15) is 100 Å². The van der Waals surface area contributed by atoms with Crippen LogP contribution in [0, 0.1) is 30.1 Å². The van der Waals surface area contributed by atoms with Crippen LogP contribution in [0.5, 0.6) is 0 Å². The molecule has 1 aliphatic heterocycles. The second-order valence-corrected chi connectivity index (χ2v) is 14.6. The van der Waals surface area contributed by atoms with Crippen LogP contribution in [0.2, 0.25) is 0 Å². The van der Waals surface area contributed by atoms with Crippen molar-refractivity contribution in [2.75, 3.05) is 13.6 Å².